The maximum absolute atomic E-state index is 12.3. The average molecular weight is 317 g/mol. The molecule has 3 N–H and O–H groups in total. The Hall–Kier alpha value is -3.22. The van der Waals surface area contributed by atoms with Gasteiger partial charge in [-0.05, 0) is 30.3 Å². The minimum absolute atomic E-state index is 0.0800. The lowest BCUT2D eigenvalue weighted by atomic mass is 10.1. The number of hydrogen-bond acceptors (Lipinski definition) is 5. The lowest BCUT2D eigenvalue weighted by molar-refractivity contribution is 0.0696. The molecule has 2 aromatic carbocycles. The number of rotatable bonds is 5. The number of aromatic hydroxyl groups is 1. The molecule has 0 bridgehead atoms. The SMILES string of the molecule is COc1cc(OC)cc(C(=O)Nc2ccc(C(=O)O)cc2O)c1. The summed E-state index contributed by atoms with van der Waals surface area (Å²) in [5.74, 6) is -1.12. The zero-order valence-electron chi connectivity index (χ0n) is 12.5. The molecule has 120 valence electrons. The highest BCUT2D eigenvalue weighted by molar-refractivity contribution is 6.05. The maximum Gasteiger partial charge on any atom is 0.335 e. The second-order valence-corrected chi connectivity index (χ2v) is 4.59. The number of carbonyl (C=O) groups excluding carboxylic acids is 1. The molecule has 0 aromatic heterocycles. The first kappa shape index (κ1) is 16.2. The van der Waals surface area contributed by atoms with Crippen molar-refractivity contribution in [2.24, 2.45) is 0 Å². The summed E-state index contributed by atoms with van der Waals surface area (Å²) in [5, 5.41) is 21.2. The normalized spacial score (nSPS) is 10.0. The van der Waals surface area contributed by atoms with Gasteiger partial charge < -0.3 is 25.0 Å². The number of nitrogens with one attached hydrogen (secondary N) is 1. The molecule has 23 heavy (non-hydrogen) atoms. The third kappa shape index (κ3) is 3.70. The summed E-state index contributed by atoms with van der Waals surface area (Å²) >= 11 is 0. The molecule has 0 atom stereocenters. The standard InChI is InChI=1S/C16H15NO6/c1-22-11-5-10(6-12(8-11)23-2)15(19)17-13-4-3-9(16(20)21)7-14(13)18/h3-8,18H,1-2H3,(H,17,19)(H,20,21). The fourth-order valence-corrected chi connectivity index (χ4v) is 1.90. The van der Waals surface area contributed by atoms with Crippen molar-refractivity contribution in [3.8, 4) is 17.2 Å². The van der Waals surface area contributed by atoms with Gasteiger partial charge in [0.2, 0.25) is 0 Å². The van der Waals surface area contributed by atoms with Gasteiger partial charge in [-0.1, -0.05) is 0 Å². The summed E-state index contributed by atoms with van der Waals surface area (Å²) < 4.78 is 10.2. The number of amides is 1. The first-order chi connectivity index (χ1) is 10.9. The van der Waals surface area contributed by atoms with Crippen molar-refractivity contribution in [1.29, 1.82) is 0 Å². The van der Waals surface area contributed by atoms with Crippen molar-refractivity contribution in [2.75, 3.05) is 19.5 Å². The molecule has 0 fully saturated rings. The summed E-state index contributed by atoms with van der Waals surface area (Å²) in [7, 11) is 2.93. The van der Waals surface area contributed by atoms with Gasteiger partial charge in [-0.15, -0.1) is 0 Å². The summed E-state index contributed by atoms with van der Waals surface area (Å²) in [6, 6.07) is 8.30. The molecule has 0 aliphatic rings. The number of carboxylic acids is 1. The molecule has 2 aromatic rings. The predicted octanol–water partition coefficient (Wildman–Crippen LogP) is 2.36. The number of carbonyl (C=O) groups is 2. The van der Waals surface area contributed by atoms with Crippen LogP contribution in [0.15, 0.2) is 36.4 Å². The van der Waals surface area contributed by atoms with E-state index in [0.717, 1.165) is 6.07 Å². The molecule has 0 aliphatic heterocycles. The lowest BCUT2D eigenvalue weighted by Gasteiger charge is -2.10. The van der Waals surface area contributed by atoms with E-state index in [1.165, 1.54) is 38.5 Å². The van der Waals surface area contributed by atoms with Gasteiger partial charge in [-0.2, -0.15) is 0 Å². The smallest absolute Gasteiger partial charge is 0.335 e. The van der Waals surface area contributed by atoms with Gasteiger partial charge in [-0.25, -0.2) is 4.79 Å². The molecule has 2 rings (SSSR count). The van der Waals surface area contributed by atoms with E-state index in [1.54, 1.807) is 6.07 Å². The van der Waals surface area contributed by atoms with Crippen molar-refractivity contribution in [3.63, 3.8) is 0 Å². The Balaban J connectivity index is 2.27. The number of carboxylic acid groups (broad SMARTS) is 1. The van der Waals surface area contributed by atoms with Crippen molar-refractivity contribution < 1.29 is 29.3 Å². The summed E-state index contributed by atoms with van der Waals surface area (Å²) in [5.41, 5.74) is 0.285. The molecule has 0 saturated heterocycles. The third-order valence-electron chi connectivity index (χ3n) is 3.11. The van der Waals surface area contributed by atoms with Crippen LogP contribution in [0.1, 0.15) is 20.7 Å². The minimum atomic E-state index is -1.17. The average Bonchev–Trinajstić information content (AvgIpc) is 2.55. The van der Waals surface area contributed by atoms with Crippen molar-refractivity contribution in [1.82, 2.24) is 0 Å². The van der Waals surface area contributed by atoms with E-state index in [1.807, 2.05) is 0 Å². The predicted molar refractivity (Wildman–Crippen MR) is 82.6 cm³/mol. The summed E-state index contributed by atoms with van der Waals surface area (Å²) in [6.07, 6.45) is 0. The van der Waals surface area contributed by atoms with Crippen LogP contribution in [0.2, 0.25) is 0 Å². The monoisotopic (exact) mass is 317 g/mol. The lowest BCUT2D eigenvalue weighted by Crippen LogP contribution is -2.12. The van der Waals surface area contributed by atoms with Gasteiger partial charge in [0.15, 0.2) is 0 Å². The largest absolute Gasteiger partial charge is 0.506 e. The number of phenolic OH excluding ortho intramolecular Hbond substituents is 1. The second kappa shape index (κ2) is 6.69. The molecule has 0 heterocycles. The number of methoxy groups -OCH3 is 2. The molecule has 0 spiro atoms. The van der Waals surface area contributed by atoms with Crippen LogP contribution < -0.4 is 14.8 Å². The zero-order chi connectivity index (χ0) is 17.0. The van der Waals surface area contributed by atoms with E-state index < -0.39 is 11.9 Å². The number of hydrogen-bond donors (Lipinski definition) is 3. The zero-order valence-corrected chi connectivity index (χ0v) is 12.5. The van der Waals surface area contributed by atoms with Crippen LogP contribution in [0, 0.1) is 0 Å². The van der Waals surface area contributed by atoms with Crippen LogP contribution in [-0.2, 0) is 0 Å². The minimum Gasteiger partial charge on any atom is -0.506 e. The highest BCUT2D eigenvalue weighted by Gasteiger charge is 2.13. The van der Waals surface area contributed by atoms with Crippen LogP contribution >= 0.6 is 0 Å². The number of phenols is 1. The van der Waals surface area contributed by atoms with Gasteiger partial charge >= 0.3 is 5.97 Å². The van der Waals surface area contributed by atoms with Gasteiger partial charge in [0, 0.05) is 11.6 Å². The molecular weight excluding hydrogens is 302 g/mol. The molecule has 7 heteroatoms. The third-order valence-corrected chi connectivity index (χ3v) is 3.11. The Morgan fingerprint density at radius 3 is 2.04 bits per heavy atom. The highest BCUT2D eigenvalue weighted by Crippen LogP contribution is 2.27. The Bertz CT molecular complexity index is 734. The van der Waals surface area contributed by atoms with E-state index in [2.05, 4.69) is 5.32 Å². The fraction of sp³-hybridized carbons (Fsp3) is 0.125. The quantitative estimate of drug-likeness (QED) is 0.731. The molecule has 1 amide bonds. The van der Waals surface area contributed by atoms with Crippen molar-refractivity contribution >= 4 is 17.6 Å². The van der Waals surface area contributed by atoms with Crippen LogP contribution in [0.5, 0.6) is 17.2 Å². The second-order valence-electron chi connectivity index (χ2n) is 4.59. The van der Waals surface area contributed by atoms with Crippen molar-refractivity contribution in [2.45, 2.75) is 0 Å². The molecule has 0 unspecified atom stereocenters. The first-order valence-electron chi connectivity index (χ1n) is 6.55. The summed E-state index contributed by atoms with van der Waals surface area (Å²) in [4.78, 5) is 23.1. The summed E-state index contributed by atoms with van der Waals surface area (Å²) in [6.45, 7) is 0. The van der Waals surface area contributed by atoms with Gasteiger partial charge in [-0.3, -0.25) is 4.79 Å². The Kier molecular flexibility index (Phi) is 4.70. The van der Waals surface area contributed by atoms with Gasteiger partial charge in [0.25, 0.3) is 5.91 Å². The van der Waals surface area contributed by atoms with E-state index in [9.17, 15) is 14.7 Å². The molecule has 0 aliphatic carbocycles. The Morgan fingerprint density at radius 2 is 1.57 bits per heavy atom. The Labute approximate surface area is 132 Å². The number of anilines is 1. The number of benzene rings is 2. The van der Waals surface area contributed by atoms with Crippen LogP contribution in [0.3, 0.4) is 0 Å². The van der Waals surface area contributed by atoms with Gasteiger partial charge in [0.05, 0.1) is 25.5 Å². The van der Waals surface area contributed by atoms with E-state index in [0.29, 0.717) is 11.5 Å². The number of ether oxygens (including phenoxy) is 2. The van der Waals surface area contributed by atoms with Gasteiger partial charge in [0.1, 0.15) is 17.2 Å². The van der Waals surface area contributed by atoms with Crippen LogP contribution in [-0.4, -0.2) is 36.3 Å². The molecule has 7 nitrogen and oxygen atoms in total. The van der Waals surface area contributed by atoms with E-state index in [4.69, 9.17) is 14.6 Å². The van der Waals surface area contributed by atoms with Crippen LogP contribution in [0.25, 0.3) is 0 Å². The maximum atomic E-state index is 12.3. The first-order valence-corrected chi connectivity index (χ1v) is 6.55. The molecular formula is C16H15NO6. The molecule has 0 radical (unpaired) electrons. The number of aromatic carboxylic acids is 1. The van der Waals surface area contributed by atoms with E-state index in [-0.39, 0.29) is 22.6 Å². The van der Waals surface area contributed by atoms with E-state index >= 15 is 0 Å². The topological polar surface area (TPSA) is 105 Å². The highest BCUT2D eigenvalue weighted by atomic mass is 16.5. The van der Waals surface area contributed by atoms with Crippen molar-refractivity contribution in [3.05, 3.63) is 47.5 Å². The Morgan fingerprint density at radius 1 is 0.957 bits per heavy atom. The van der Waals surface area contributed by atoms with Crippen LogP contribution in [0.4, 0.5) is 5.69 Å². The molecule has 0 saturated carbocycles. The fourth-order valence-electron chi connectivity index (χ4n) is 1.90.